The van der Waals surface area contributed by atoms with Crippen molar-refractivity contribution in [1.82, 2.24) is 4.98 Å². The van der Waals surface area contributed by atoms with Crippen LogP contribution in [0.3, 0.4) is 0 Å². The molecule has 7 rings (SSSR count). The van der Waals surface area contributed by atoms with E-state index in [-0.39, 0.29) is 11.3 Å². The SMILES string of the molecule is O=C(CC12CC3CC(CC(C3)C1)C2)Nc1ccc2oc(-c3ccccc3Cl)nc2c1. The Hall–Kier alpha value is -2.33. The van der Waals surface area contributed by atoms with E-state index in [4.69, 9.17) is 16.0 Å². The molecule has 2 aromatic carbocycles. The van der Waals surface area contributed by atoms with Crippen LogP contribution in [0.25, 0.3) is 22.6 Å². The molecular formula is C25H25ClN2O2. The Balaban J connectivity index is 1.20. The summed E-state index contributed by atoms with van der Waals surface area (Å²) in [6, 6.07) is 13.1. The molecule has 30 heavy (non-hydrogen) atoms. The highest BCUT2D eigenvalue weighted by molar-refractivity contribution is 6.33. The monoisotopic (exact) mass is 420 g/mol. The zero-order valence-corrected chi connectivity index (χ0v) is 17.6. The first kappa shape index (κ1) is 18.4. The van der Waals surface area contributed by atoms with Crippen molar-refractivity contribution < 1.29 is 9.21 Å². The molecule has 1 N–H and O–H groups in total. The number of anilines is 1. The van der Waals surface area contributed by atoms with Crippen LogP contribution in [-0.2, 0) is 4.79 Å². The van der Waals surface area contributed by atoms with E-state index in [1.165, 1.54) is 38.5 Å². The van der Waals surface area contributed by atoms with Gasteiger partial charge in [-0.15, -0.1) is 0 Å². The van der Waals surface area contributed by atoms with E-state index in [1.54, 1.807) is 0 Å². The van der Waals surface area contributed by atoms with E-state index < -0.39 is 0 Å². The smallest absolute Gasteiger partial charge is 0.228 e. The summed E-state index contributed by atoms with van der Waals surface area (Å²) < 4.78 is 5.88. The molecule has 0 spiro atoms. The maximum Gasteiger partial charge on any atom is 0.228 e. The predicted molar refractivity (Wildman–Crippen MR) is 118 cm³/mol. The van der Waals surface area contributed by atoms with Crippen molar-refractivity contribution in [2.24, 2.45) is 23.2 Å². The summed E-state index contributed by atoms with van der Waals surface area (Å²) in [7, 11) is 0. The van der Waals surface area contributed by atoms with Gasteiger partial charge in [-0.3, -0.25) is 4.79 Å². The molecule has 1 heterocycles. The van der Waals surface area contributed by atoms with E-state index in [0.717, 1.165) is 34.5 Å². The molecular weight excluding hydrogens is 396 g/mol. The number of fused-ring (bicyclic) bond motifs is 1. The number of amides is 1. The van der Waals surface area contributed by atoms with Crippen LogP contribution in [-0.4, -0.2) is 10.9 Å². The van der Waals surface area contributed by atoms with E-state index >= 15 is 0 Å². The lowest BCUT2D eigenvalue weighted by Gasteiger charge is -2.56. The van der Waals surface area contributed by atoms with E-state index in [2.05, 4.69) is 10.3 Å². The van der Waals surface area contributed by atoms with Gasteiger partial charge in [0.15, 0.2) is 5.58 Å². The molecule has 0 radical (unpaired) electrons. The van der Waals surface area contributed by atoms with Crippen LogP contribution in [0.4, 0.5) is 5.69 Å². The molecule has 154 valence electrons. The fourth-order valence-corrected chi connectivity index (χ4v) is 7.02. The first-order chi connectivity index (χ1) is 14.6. The number of rotatable bonds is 4. The van der Waals surface area contributed by atoms with Crippen molar-refractivity contribution in [2.45, 2.75) is 44.9 Å². The highest BCUT2D eigenvalue weighted by Gasteiger charge is 2.51. The second kappa shape index (κ2) is 6.84. The van der Waals surface area contributed by atoms with Gasteiger partial charge in [0.2, 0.25) is 11.8 Å². The second-order valence-corrected chi connectivity index (χ2v) is 10.2. The molecule has 1 aromatic heterocycles. The average Bonchev–Trinajstić information content (AvgIpc) is 3.09. The van der Waals surface area contributed by atoms with Crippen LogP contribution in [0.1, 0.15) is 44.9 Å². The average molecular weight is 421 g/mol. The third-order valence-electron chi connectivity index (χ3n) is 7.48. The number of carbonyl (C=O) groups excluding carboxylic acids is 1. The summed E-state index contributed by atoms with van der Waals surface area (Å²) >= 11 is 6.28. The summed E-state index contributed by atoms with van der Waals surface area (Å²) in [6.07, 6.45) is 8.59. The highest BCUT2D eigenvalue weighted by atomic mass is 35.5. The van der Waals surface area contributed by atoms with Crippen molar-refractivity contribution >= 4 is 34.3 Å². The lowest BCUT2D eigenvalue weighted by Crippen LogP contribution is -2.47. The van der Waals surface area contributed by atoms with Gasteiger partial charge in [-0.05, 0) is 92.0 Å². The lowest BCUT2D eigenvalue weighted by molar-refractivity contribution is -0.124. The number of hydrogen-bond donors (Lipinski definition) is 1. The second-order valence-electron chi connectivity index (χ2n) is 9.82. The lowest BCUT2D eigenvalue weighted by atomic mass is 9.49. The van der Waals surface area contributed by atoms with Crippen LogP contribution >= 0.6 is 11.6 Å². The van der Waals surface area contributed by atoms with Crippen LogP contribution in [0.2, 0.25) is 5.02 Å². The Morgan fingerprint density at radius 1 is 1.07 bits per heavy atom. The minimum Gasteiger partial charge on any atom is -0.436 e. The molecule has 0 aliphatic heterocycles. The van der Waals surface area contributed by atoms with Crippen molar-refractivity contribution in [1.29, 1.82) is 0 Å². The van der Waals surface area contributed by atoms with Crippen molar-refractivity contribution in [3.8, 4) is 11.5 Å². The molecule has 4 nitrogen and oxygen atoms in total. The largest absolute Gasteiger partial charge is 0.436 e. The van der Waals surface area contributed by atoms with E-state index in [1.807, 2.05) is 42.5 Å². The topological polar surface area (TPSA) is 55.1 Å². The van der Waals surface area contributed by atoms with Gasteiger partial charge < -0.3 is 9.73 Å². The number of halogens is 1. The van der Waals surface area contributed by atoms with Gasteiger partial charge in [0.25, 0.3) is 0 Å². The Labute approximate surface area is 181 Å². The minimum atomic E-state index is 0.131. The fraction of sp³-hybridized carbons (Fsp3) is 0.440. The zero-order chi connectivity index (χ0) is 20.3. The number of benzene rings is 2. The molecule has 4 fully saturated rings. The van der Waals surface area contributed by atoms with Crippen LogP contribution < -0.4 is 5.32 Å². The number of nitrogens with zero attached hydrogens (tertiary/aromatic N) is 1. The summed E-state index contributed by atoms with van der Waals surface area (Å²) in [5.41, 5.74) is 3.19. The Bertz CT molecular complexity index is 1100. The molecule has 1 amide bonds. The van der Waals surface area contributed by atoms with Crippen molar-refractivity contribution in [2.75, 3.05) is 5.32 Å². The molecule has 4 aliphatic carbocycles. The third-order valence-corrected chi connectivity index (χ3v) is 7.81. The predicted octanol–water partition coefficient (Wildman–Crippen LogP) is 6.69. The highest BCUT2D eigenvalue weighted by Crippen LogP contribution is 2.61. The Morgan fingerprint density at radius 2 is 1.77 bits per heavy atom. The van der Waals surface area contributed by atoms with Crippen LogP contribution in [0.5, 0.6) is 0 Å². The van der Waals surface area contributed by atoms with E-state index in [0.29, 0.717) is 22.9 Å². The molecule has 5 heteroatoms. The van der Waals surface area contributed by atoms with Gasteiger partial charge in [-0.25, -0.2) is 4.98 Å². The first-order valence-corrected chi connectivity index (χ1v) is 11.4. The fourth-order valence-electron chi connectivity index (χ4n) is 6.81. The van der Waals surface area contributed by atoms with Gasteiger partial charge in [0, 0.05) is 12.1 Å². The molecule has 0 atom stereocenters. The molecule has 4 bridgehead atoms. The number of carbonyl (C=O) groups is 1. The molecule has 0 unspecified atom stereocenters. The minimum absolute atomic E-state index is 0.131. The zero-order valence-electron chi connectivity index (χ0n) is 16.9. The number of nitrogens with one attached hydrogen (secondary N) is 1. The maximum absolute atomic E-state index is 12.9. The summed E-state index contributed by atoms with van der Waals surface area (Å²) in [6.45, 7) is 0. The Kier molecular flexibility index (Phi) is 4.21. The third kappa shape index (κ3) is 3.22. The summed E-state index contributed by atoms with van der Waals surface area (Å²) in [4.78, 5) is 17.5. The quantitative estimate of drug-likeness (QED) is 0.511. The van der Waals surface area contributed by atoms with Crippen molar-refractivity contribution in [3.63, 3.8) is 0 Å². The standard InChI is InChI=1S/C25H25ClN2O2/c26-20-4-2-1-3-19(20)24-28-21-10-18(5-6-22(21)30-24)27-23(29)14-25-11-15-7-16(12-25)9-17(8-15)13-25/h1-6,10,15-17H,7-9,11-14H2,(H,27,29). The number of oxazole rings is 1. The van der Waals surface area contributed by atoms with E-state index in [9.17, 15) is 4.79 Å². The summed E-state index contributed by atoms with van der Waals surface area (Å²) in [5, 5.41) is 3.73. The van der Waals surface area contributed by atoms with Gasteiger partial charge >= 0.3 is 0 Å². The van der Waals surface area contributed by atoms with Crippen LogP contribution in [0, 0.1) is 23.2 Å². The van der Waals surface area contributed by atoms with Gasteiger partial charge in [0.05, 0.1) is 10.6 Å². The van der Waals surface area contributed by atoms with Gasteiger partial charge in [-0.2, -0.15) is 0 Å². The molecule has 0 saturated heterocycles. The number of hydrogen-bond acceptors (Lipinski definition) is 3. The summed E-state index contributed by atoms with van der Waals surface area (Å²) in [5.74, 6) is 3.20. The Morgan fingerprint density at radius 3 is 2.47 bits per heavy atom. The molecule has 3 aromatic rings. The molecule has 4 aliphatic rings. The molecule has 4 saturated carbocycles. The van der Waals surface area contributed by atoms with Crippen LogP contribution in [0.15, 0.2) is 46.9 Å². The maximum atomic E-state index is 12.9. The van der Waals surface area contributed by atoms with Gasteiger partial charge in [0.1, 0.15) is 5.52 Å². The van der Waals surface area contributed by atoms with Crippen molar-refractivity contribution in [3.05, 3.63) is 47.5 Å². The number of aromatic nitrogens is 1. The normalized spacial score (nSPS) is 29.4. The van der Waals surface area contributed by atoms with Gasteiger partial charge in [-0.1, -0.05) is 23.7 Å². The first-order valence-electron chi connectivity index (χ1n) is 11.0.